The van der Waals surface area contributed by atoms with Crippen LogP contribution in [0.15, 0.2) is 158 Å². The molecule has 0 bridgehead atoms. The van der Waals surface area contributed by atoms with Crippen LogP contribution in [0.1, 0.15) is 16.7 Å². The monoisotopic (exact) mass is 473 g/mol. The number of anilines is 3. The van der Waals surface area contributed by atoms with Gasteiger partial charge in [-0.2, -0.15) is 0 Å². The minimum absolute atomic E-state index is 1.13. The van der Waals surface area contributed by atoms with Crippen molar-refractivity contribution in [3.05, 3.63) is 174 Å². The number of nitrogens with zero attached hydrogens (tertiary/aromatic N) is 1. The predicted octanol–water partition coefficient (Wildman–Crippen LogP) is 9.90. The number of hydrogen-bond donors (Lipinski definition) is 0. The van der Waals surface area contributed by atoms with Gasteiger partial charge in [-0.1, -0.05) is 127 Å². The number of benzene rings is 6. The highest BCUT2D eigenvalue weighted by atomic mass is 15.1. The molecule has 0 unspecified atom stereocenters. The second kappa shape index (κ2) is 10.4. The van der Waals surface area contributed by atoms with E-state index in [0.717, 1.165) is 16.9 Å². The van der Waals surface area contributed by atoms with E-state index < -0.39 is 0 Å². The summed E-state index contributed by atoms with van der Waals surface area (Å²) < 4.78 is 0. The minimum atomic E-state index is 1.13. The molecule has 0 heterocycles. The molecule has 6 aromatic carbocycles. The lowest BCUT2D eigenvalue weighted by molar-refractivity contribution is 1.30. The summed E-state index contributed by atoms with van der Waals surface area (Å²) in [6.45, 7) is 0. The number of hydrogen-bond acceptors (Lipinski definition) is 1. The summed E-state index contributed by atoms with van der Waals surface area (Å²) in [5, 5.41) is 2.46. The highest BCUT2D eigenvalue weighted by molar-refractivity contribution is 5.99. The van der Waals surface area contributed by atoms with Crippen LogP contribution in [0.4, 0.5) is 17.1 Å². The predicted molar refractivity (Wildman–Crippen MR) is 158 cm³/mol. The van der Waals surface area contributed by atoms with E-state index in [1.54, 1.807) is 0 Å². The molecule has 0 aromatic heterocycles. The first-order valence-electron chi connectivity index (χ1n) is 12.6. The summed E-state index contributed by atoms with van der Waals surface area (Å²) in [7, 11) is 0. The van der Waals surface area contributed by atoms with Crippen LogP contribution in [0.2, 0.25) is 0 Å². The van der Waals surface area contributed by atoms with E-state index in [-0.39, 0.29) is 0 Å². The lowest BCUT2D eigenvalue weighted by atomic mass is 9.95. The molecule has 1 heteroatoms. The van der Waals surface area contributed by atoms with Gasteiger partial charge in [0.15, 0.2) is 0 Å². The first-order valence-corrected chi connectivity index (χ1v) is 12.6. The van der Waals surface area contributed by atoms with Gasteiger partial charge in [-0.15, -0.1) is 0 Å². The van der Waals surface area contributed by atoms with E-state index in [1.807, 2.05) is 0 Å². The molecule has 0 saturated carbocycles. The molecule has 37 heavy (non-hydrogen) atoms. The molecule has 0 aliphatic heterocycles. The Morgan fingerprint density at radius 2 is 0.946 bits per heavy atom. The number of rotatable bonds is 6. The van der Waals surface area contributed by atoms with E-state index in [1.165, 1.54) is 33.2 Å². The lowest BCUT2D eigenvalue weighted by Gasteiger charge is -2.27. The Balaban J connectivity index is 1.45. The summed E-state index contributed by atoms with van der Waals surface area (Å²) in [5.74, 6) is 0. The topological polar surface area (TPSA) is 3.24 Å². The maximum Gasteiger partial charge on any atom is 0.0540 e. The summed E-state index contributed by atoms with van der Waals surface area (Å²) in [5.41, 5.74) is 8.22. The van der Waals surface area contributed by atoms with Gasteiger partial charge < -0.3 is 4.90 Å². The molecule has 0 atom stereocenters. The molecule has 6 rings (SSSR count). The molecule has 1 nitrogen and oxygen atoms in total. The maximum atomic E-state index is 2.34. The van der Waals surface area contributed by atoms with E-state index in [4.69, 9.17) is 0 Å². The molecular weight excluding hydrogens is 446 g/mol. The fourth-order valence-corrected chi connectivity index (χ4v) is 4.86. The van der Waals surface area contributed by atoms with E-state index >= 15 is 0 Å². The molecule has 176 valence electrons. The SMILES string of the molecule is C(=C(c1ccccc1)c1ccccc1)c1ccc(N(c2ccccc2)c2cccc3ccccc23)cc1. The Bertz CT molecular complexity index is 1590. The van der Waals surface area contributed by atoms with Gasteiger partial charge in [0.25, 0.3) is 0 Å². The minimum Gasteiger partial charge on any atom is -0.310 e. The molecule has 0 saturated heterocycles. The summed E-state index contributed by atoms with van der Waals surface area (Å²) in [6, 6.07) is 55.7. The Morgan fingerprint density at radius 3 is 1.59 bits per heavy atom. The fraction of sp³-hybridized carbons (Fsp3) is 0. The fourth-order valence-electron chi connectivity index (χ4n) is 4.86. The molecule has 6 aromatic rings. The van der Waals surface area contributed by atoms with Gasteiger partial charge in [0, 0.05) is 16.8 Å². The Morgan fingerprint density at radius 1 is 0.432 bits per heavy atom. The van der Waals surface area contributed by atoms with E-state index in [0.29, 0.717) is 0 Å². The van der Waals surface area contributed by atoms with Crippen LogP contribution in [0, 0.1) is 0 Å². The quantitative estimate of drug-likeness (QED) is 0.218. The van der Waals surface area contributed by atoms with Crippen LogP contribution in [0.5, 0.6) is 0 Å². The molecule has 0 aliphatic carbocycles. The van der Waals surface area contributed by atoms with Gasteiger partial charge in [0.05, 0.1) is 5.69 Å². The first kappa shape index (κ1) is 22.6. The highest BCUT2D eigenvalue weighted by Gasteiger charge is 2.15. The molecule has 0 amide bonds. The number of fused-ring (bicyclic) bond motifs is 1. The third-order valence-corrected chi connectivity index (χ3v) is 6.65. The van der Waals surface area contributed by atoms with Crippen molar-refractivity contribution in [1.29, 1.82) is 0 Å². The smallest absolute Gasteiger partial charge is 0.0540 e. The molecule has 0 aliphatic rings. The Labute approximate surface area is 218 Å². The van der Waals surface area contributed by atoms with Crippen molar-refractivity contribution in [3.63, 3.8) is 0 Å². The molecular formula is C36H27N. The van der Waals surface area contributed by atoms with Crippen molar-refractivity contribution in [3.8, 4) is 0 Å². The van der Waals surface area contributed by atoms with Crippen LogP contribution in [0.3, 0.4) is 0 Å². The molecule has 0 radical (unpaired) electrons. The van der Waals surface area contributed by atoms with Crippen molar-refractivity contribution in [1.82, 2.24) is 0 Å². The van der Waals surface area contributed by atoms with Crippen LogP contribution in [-0.4, -0.2) is 0 Å². The largest absolute Gasteiger partial charge is 0.310 e. The zero-order valence-corrected chi connectivity index (χ0v) is 20.5. The average molecular weight is 474 g/mol. The van der Waals surface area contributed by atoms with Crippen molar-refractivity contribution >= 4 is 39.5 Å². The van der Waals surface area contributed by atoms with Gasteiger partial charge >= 0.3 is 0 Å². The summed E-state index contributed by atoms with van der Waals surface area (Å²) >= 11 is 0. The van der Waals surface area contributed by atoms with Gasteiger partial charge in [0.1, 0.15) is 0 Å². The Hall–Kier alpha value is -4.88. The summed E-state index contributed by atoms with van der Waals surface area (Å²) in [6.07, 6.45) is 2.28. The average Bonchev–Trinajstić information content (AvgIpc) is 2.98. The van der Waals surface area contributed by atoms with E-state index in [2.05, 4.69) is 169 Å². The number of para-hydroxylation sites is 1. The Kier molecular flexibility index (Phi) is 6.34. The van der Waals surface area contributed by atoms with Crippen molar-refractivity contribution in [2.45, 2.75) is 0 Å². The third-order valence-electron chi connectivity index (χ3n) is 6.65. The first-order chi connectivity index (χ1) is 18.4. The zero-order valence-electron chi connectivity index (χ0n) is 20.5. The van der Waals surface area contributed by atoms with Crippen LogP contribution in [-0.2, 0) is 0 Å². The van der Waals surface area contributed by atoms with Crippen molar-refractivity contribution in [2.24, 2.45) is 0 Å². The van der Waals surface area contributed by atoms with Gasteiger partial charge in [-0.25, -0.2) is 0 Å². The van der Waals surface area contributed by atoms with E-state index in [9.17, 15) is 0 Å². The van der Waals surface area contributed by atoms with Gasteiger partial charge in [-0.3, -0.25) is 0 Å². The zero-order chi connectivity index (χ0) is 24.9. The van der Waals surface area contributed by atoms with Crippen LogP contribution in [0.25, 0.3) is 22.4 Å². The highest BCUT2D eigenvalue weighted by Crippen LogP contribution is 2.39. The molecule has 0 spiro atoms. The third kappa shape index (κ3) is 4.80. The standard InChI is InChI=1S/C36H27N/c1-4-13-30(14-5-1)35(31-15-6-2-7-16-31)27-28-23-25-33(26-24-28)37(32-19-8-3-9-20-32)36-22-12-18-29-17-10-11-21-34(29)36/h1-27H. The summed E-state index contributed by atoms with van der Waals surface area (Å²) in [4.78, 5) is 2.34. The van der Waals surface area contributed by atoms with Crippen molar-refractivity contribution in [2.75, 3.05) is 4.90 Å². The van der Waals surface area contributed by atoms with Gasteiger partial charge in [-0.05, 0) is 64.1 Å². The van der Waals surface area contributed by atoms with Crippen LogP contribution < -0.4 is 4.90 Å². The van der Waals surface area contributed by atoms with Crippen LogP contribution >= 0.6 is 0 Å². The second-order valence-electron chi connectivity index (χ2n) is 9.05. The normalized spacial score (nSPS) is 10.7. The molecule has 0 N–H and O–H groups in total. The maximum absolute atomic E-state index is 2.34. The lowest BCUT2D eigenvalue weighted by Crippen LogP contribution is -2.10. The molecule has 0 fully saturated rings. The van der Waals surface area contributed by atoms with Crippen molar-refractivity contribution < 1.29 is 0 Å². The second-order valence-corrected chi connectivity index (χ2v) is 9.05. The van der Waals surface area contributed by atoms with Gasteiger partial charge in [0.2, 0.25) is 0 Å².